The van der Waals surface area contributed by atoms with Crippen molar-refractivity contribution in [3.8, 4) is 23.0 Å². The quantitative estimate of drug-likeness (QED) is 0.407. The highest BCUT2D eigenvalue weighted by Gasteiger charge is 2.10. The van der Waals surface area contributed by atoms with Crippen LogP contribution in [-0.2, 0) is 12.8 Å². The van der Waals surface area contributed by atoms with Gasteiger partial charge in [0.15, 0.2) is 11.6 Å². The van der Waals surface area contributed by atoms with E-state index in [2.05, 4.69) is 18.8 Å². The Bertz CT molecular complexity index is 1050. The Morgan fingerprint density at radius 1 is 0.724 bits per heavy atom. The molecule has 3 rings (SSSR count). The lowest BCUT2D eigenvalue weighted by Gasteiger charge is -2.06. The maximum Gasteiger partial charge on any atom is 0.174 e. The van der Waals surface area contributed by atoms with Crippen LogP contribution in [0.2, 0.25) is 0 Å². The van der Waals surface area contributed by atoms with Gasteiger partial charge < -0.3 is 0 Å². The van der Waals surface area contributed by atoms with Crippen LogP contribution in [0.25, 0.3) is 11.1 Å². The molecule has 3 aromatic carbocycles. The highest BCUT2D eigenvalue weighted by Crippen LogP contribution is 2.23. The minimum absolute atomic E-state index is 0.0357. The molecule has 3 heteroatoms. The van der Waals surface area contributed by atoms with Crippen molar-refractivity contribution in [2.24, 2.45) is 0 Å². The van der Waals surface area contributed by atoms with Crippen molar-refractivity contribution in [3.05, 3.63) is 94.3 Å². The van der Waals surface area contributed by atoms with E-state index in [0.717, 1.165) is 36.0 Å². The second-order valence-corrected chi connectivity index (χ2v) is 6.99. The Labute approximate surface area is 170 Å². The molecule has 148 valence electrons. The molecule has 0 radical (unpaired) electrons. The molecule has 0 heterocycles. The summed E-state index contributed by atoms with van der Waals surface area (Å²) >= 11 is 0. The highest BCUT2D eigenvalue weighted by atomic mass is 19.2. The van der Waals surface area contributed by atoms with Gasteiger partial charge in [0.1, 0.15) is 5.82 Å². The van der Waals surface area contributed by atoms with Crippen molar-refractivity contribution in [1.29, 1.82) is 0 Å². The fourth-order valence-corrected chi connectivity index (χ4v) is 3.14. The molecular formula is C26H23F3. The van der Waals surface area contributed by atoms with E-state index in [4.69, 9.17) is 0 Å². The minimum atomic E-state index is -0.910. The molecule has 0 aliphatic rings. The normalized spacial score (nSPS) is 10.5. The van der Waals surface area contributed by atoms with E-state index in [1.54, 1.807) is 31.2 Å². The maximum atomic E-state index is 14.3. The van der Waals surface area contributed by atoms with Crippen LogP contribution in [0.5, 0.6) is 0 Å². The summed E-state index contributed by atoms with van der Waals surface area (Å²) in [7, 11) is 0. The van der Waals surface area contributed by atoms with E-state index in [9.17, 15) is 13.2 Å². The minimum Gasteiger partial charge on any atom is -0.207 e. The molecule has 29 heavy (non-hydrogen) atoms. The average molecular weight is 392 g/mol. The standard InChI is InChI=1S/C26H23F3/c1-3-5-6-21-14-16-23(17-24(21)27)20-10-7-18(8-11-20)9-12-22-15-13-19(4-2)25(28)26(22)29/h7-8,10-11,13-17H,3-6H2,1-2H3. The number of rotatable bonds is 5. The predicted octanol–water partition coefficient (Wildman–Crippen LogP) is 7.08. The summed E-state index contributed by atoms with van der Waals surface area (Å²) in [6, 6.07) is 15.7. The lowest BCUT2D eigenvalue weighted by Crippen LogP contribution is -1.96. The Hall–Kier alpha value is -2.99. The van der Waals surface area contributed by atoms with E-state index in [-0.39, 0.29) is 11.4 Å². The van der Waals surface area contributed by atoms with Crippen LogP contribution in [0, 0.1) is 29.3 Å². The van der Waals surface area contributed by atoms with Crippen LogP contribution in [0.3, 0.4) is 0 Å². The molecule has 0 saturated carbocycles. The predicted molar refractivity (Wildman–Crippen MR) is 112 cm³/mol. The van der Waals surface area contributed by atoms with Gasteiger partial charge >= 0.3 is 0 Å². The van der Waals surface area contributed by atoms with Gasteiger partial charge in [-0.2, -0.15) is 0 Å². The third-order valence-electron chi connectivity index (χ3n) is 4.96. The summed E-state index contributed by atoms with van der Waals surface area (Å²) in [5, 5.41) is 0. The van der Waals surface area contributed by atoms with Gasteiger partial charge in [-0.3, -0.25) is 0 Å². The number of benzene rings is 3. The molecule has 0 nitrogen and oxygen atoms in total. The number of hydrogen-bond acceptors (Lipinski definition) is 0. The topological polar surface area (TPSA) is 0 Å². The molecular weight excluding hydrogens is 369 g/mol. The van der Waals surface area contributed by atoms with Gasteiger partial charge in [-0.1, -0.05) is 62.4 Å². The summed E-state index contributed by atoms with van der Waals surface area (Å²) in [6.07, 6.45) is 3.17. The third kappa shape index (κ3) is 4.90. The first-order valence-corrected chi connectivity index (χ1v) is 9.91. The molecule has 3 aromatic rings. The molecule has 0 bridgehead atoms. The Kier molecular flexibility index (Phi) is 6.77. The van der Waals surface area contributed by atoms with Crippen molar-refractivity contribution in [2.75, 3.05) is 0 Å². The Morgan fingerprint density at radius 3 is 2.07 bits per heavy atom. The van der Waals surface area contributed by atoms with E-state index in [0.29, 0.717) is 17.5 Å². The lowest BCUT2D eigenvalue weighted by atomic mass is 10.00. The first kappa shape index (κ1) is 20.7. The number of hydrogen-bond donors (Lipinski definition) is 0. The van der Waals surface area contributed by atoms with Gasteiger partial charge in [0.05, 0.1) is 5.56 Å². The number of unbranched alkanes of at least 4 members (excludes halogenated alkanes) is 1. The summed E-state index contributed by atoms with van der Waals surface area (Å²) in [5.41, 5.74) is 3.46. The third-order valence-corrected chi connectivity index (χ3v) is 4.96. The molecule has 0 spiro atoms. The second-order valence-electron chi connectivity index (χ2n) is 6.99. The van der Waals surface area contributed by atoms with E-state index < -0.39 is 11.6 Å². The van der Waals surface area contributed by atoms with Crippen molar-refractivity contribution in [1.82, 2.24) is 0 Å². The first-order valence-electron chi connectivity index (χ1n) is 9.91. The van der Waals surface area contributed by atoms with Gasteiger partial charge in [-0.05, 0) is 65.8 Å². The van der Waals surface area contributed by atoms with Crippen LogP contribution in [0.15, 0.2) is 54.6 Å². The molecule has 0 aliphatic carbocycles. The Morgan fingerprint density at radius 2 is 1.41 bits per heavy atom. The average Bonchev–Trinajstić information content (AvgIpc) is 2.74. The van der Waals surface area contributed by atoms with E-state index >= 15 is 0 Å². The smallest absolute Gasteiger partial charge is 0.174 e. The van der Waals surface area contributed by atoms with E-state index in [1.165, 1.54) is 6.07 Å². The fourth-order valence-electron chi connectivity index (χ4n) is 3.14. The molecule has 0 unspecified atom stereocenters. The maximum absolute atomic E-state index is 14.3. The molecule has 0 saturated heterocycles. The van der Waals surface area contributed by atoms with Crippen molar-refractivity contribution in [3.63, 3.8) is 0 Å². The molecule has 0 N–H and O–H groups in total. The zero-order valence-electron chi connectivity index (χ0n) is 16.7. The molecule has 0 aliphatic heterocycles. The van der Waals surface area contributed by atoms with E-state index in [1.807, 2.05) is 24.3 Å². The lowest BCUT2D eigenvalue weighted by molar-refractivity contribution is 0.498. The monoisotopic (exact) mass is 392 g/mol. The van der Waals surface area contributed by atoms with Gasteiger partial charge in [-0.15, -0.1) is 0 Å². The van der Waals surface area contributed by atoms with Crippen molar-refractivity contribution in [2.45, 2.75) is 39.5 Å². The summed E-state index contributed by atoms with van der Waals surface area (Å²) < 4.78 is 42.2. The first-order chi connectivity index (χ1) is 14.0. The van der Waals surface area contributed by atoms with Gasteiger partial charge in [0.25, 0.3) is 0 Å². The Balaban J connectivity index is 1.79. The molecule has 0 aromatic heterocycles. The van der Waals surface area contributed by atoms with Crippen LogP contribution < -0.4 is 0 Å². The van der Waals surface area contributed by atoms with Crippen molar-refractivity contribution < 1.29 is 13.2 Å². The van der Waals surface area contributed by atoms with Gasteiger partial charge in [0, 0.05) is 5.56 Å². The molecule has 0 fully saturated rings. The zero-order valence-corrected chi connectivity index (χ0v) is 16.7. The second kappa shape index (κ2) is 9.47. The summed E-state index contributed by atoms with van der Waals surface area (Å²) in [6.45, 7) is 3.86. The number of halogens is 3. The molecule has 0 atom stereocenters. The molecule has 0 amide bonds. The van der Waals surface area contributed by atoms with Crippen LogP contribution >= 0.6 is 0 Å². The van der Waals surface area contributed by atoms with Crippen molar-refractivity contribution >= 4 is 0 Å². The summed E-state index contributed by atoms with van der Waals surface area (Å²) in [5.74, 6) is 3.62. The number of aryl methyl sites for hydroxylation is 2. The van der Waals surface area contributed by atoms with Crippen LogP contribution in [0.1, 0.15) is 48.9 Å². The zero-order chi connectivity index (χ0) is 20.8. The fraction of sp³-hybridized carbons (Fsp3) is 0.231. The largest absolute Gasteiger partial charge is 0.207 e. The van der Waals surface area contributed by atoms with Gasteiger partial charge in [-0.25, -0.2) is 13.2 Å². The van der Waals surface area contributed by atoms with Gasteiger partial charge in [0.2, 0.25) is 0 Å². The van der Waals surface area contributed by atoms with Crippen LogP contribution in [0.4, 0.5) is 13.2 Å². The SMILES string of the molecule is CCCCc1ccc(-c2ccc(C#Cc3ccc(CC)c(F)c3F)cc2)cc1F. The summed E-state index contributed by atoms with van der Waals surface area (Å²) in [4.78, 5) is 0. The highest BCUT2D eigenvalue weighted by molar-refractivity contribution is 5.65. The van der Waals surface area contributed by atoms with Crippen LogP contribution in [-0.4, -0.2) is 0 Å².